The summed E-state index contributed by atoms with van der Waals surface area (Å²) in [5.41, 5.74) is 0. The molecular weight excluding hydrogens is 151 g/mol. The molecule has 1 heteroatoms. The Labute approximate surface area is 93.1 Å². The summed E-state index contributed by atoms with van der Waals surface area (Å²) in [6, 6.07) is 0. The first kappa shape index (κ1) is 11.7. The van der Waals surface area contributed by atoms with Crippen LogP contribution in [0.4, 0.5) is 0 Å². The van der Waals surface area contributed by atoms with Crippen molar-refractivity contribution in [1.82, 2.24) is 0 Å². The summed E-state index contributed by atoms with van der Waals surface area (Å²) < 4.78 is 1.01. The molecule has 0 aromatic carbocycles. The van der Waals surface area contributed by atoms with Gasteiger partial charge in [0.1, 0.15) is 0 Å². The van der Waals surface area contributed by atoms with Crippen molar-refractivity contribution in [2.24, 2.45) is 11.8 Å². The van der Waals surface area contributed by atoms with Gasteiger partial charge >= 0.3 is 92.9 Å². The van der Waals surface area contributed by atoms with Crippen molar-refractivity contribution in [3.05, 3.63) is 0 Å². The molecule has 0 radical (unpaired) electrons. The molecule has 1 fully saturated rings. The normalized spacial score (nSPS) is 34.9. The molecule has 13 heavy (non-hydrogen) atoms. The van der Waals surface area contributed by atoms with Gasteiger partial charge in [-0.1, -0.05) is 0 Å². The Balaban J connectivity index is 2.40. The first-order chi connectivity index (χ1) is 6.29. The number of hydrogen-bond donors (Lipinski definition) is 0. The Kier molecular flexibility index (Phi) is 5.52. The van der Waals surface area contributed by atoms with E-state index in [0.29, 0.717) is 0 Å². The van der Waals surface area contributed by atoms with E-state index in [1.165, 1.54) is 44.9 Å². The van der Waals surface area contributed by atoms with Crippen LogP contribution in [0.5, 0.6) is 0 Å². The van der Waals surface area contributed by atoms with E-state index in [1.54, 1.807) is 0 Å². The zero-order valence-corrected chi connectivity index (χ0v) is 9.68. The molecule has 0 saturated heterocycles. The summed E-state index contributed by atoms with van der Waals surface area (Å²) in [6.45, 7) is 4.66. The molecule has 2 unspecified atom stereocenters. The monoisotopic (exact) mass is 174 g/mol. The Morgan fingerprint density at radius 2 is 1.46 bits per heavy atom. The summed E-state index contributed by atoms with van der Waals surface area (Å²) in [6.07, 6.45) is 10.2. The van der Waals surface area contributed by atoms with Crippen molar-refractivity contribution >= 4 is 17.7 Å². The van der Waals surface area contributed by atoms with Gasteiger partial charge in [-0.25, -0.2) is 0 Å². The van der Waals surface area contributed by atoms with Crippen LogP contribution in [0.2, 0.25) is 4.59 Å². The zero-order chi connectivity index (χ0) is 9.68. The van der Waals surface area contributed by atoms with E-state index in [4.69, 9.17) is 0 Å². The van der Waals surface area contributed by atoms with E-state index < -0.39 is 0 Å². The van der Waals surface area contributed by atoms with Gasteiger partial charge in [-0.05, 0) is 0 Å². The van der Waals surface area contributed by atoms with Gasteiger partial charge in [-0.2, -0.15) is 0 Å². The Hall–Kier alpha value is 0.597. The topological polar surface area (TPSA) is 0 Å². The van der Waals surface area contributed by atoms with E-state index in [1.807, 2.05) is 0 Å². The standard InChI is InChI=1S/C12H23.Li/c1-3-6-11-8-5-9-12(10-11)7-4-2;/h10-12H,3-9H2,1-2H3;. The third kappa shape index (κ3) is 3.33. The maximum atomic E-state index is 2.50. The zero-order valence-electron chi connectivity index (χ0n) is 9.68. The van der Waals surface area contributed by atoms with Crippen LogP contribution in [0.3, 0.4) is 0 Å². The molecule has 0 heterocycles. The van der Waals surface area contributed by atoms with Gasteiger partial charge in [0.25, 0.3) is 0 Å². The van der Waals surface area contributed by atoms with Crippen LogP contribution in [0.25, 0.3) is 0 Å². The quantitative estimate of drug-likeness (QED) is 0.566. The molecule has 0 aliphatic heterocycles. The van der Waals surface area contributed by atoms with Gasteiger partial charge in [0.2, 0.25) is 0 Å². The van der Waals surface area contributed by atoms with Crippen LogP contribution in [-0.2, 0) is 0 Å². The third-order valence-corrected chi connectivity index (χ3v) is 3.96. The van der Waals surface area contributed by atoms with Gasteiger partial charge in [0.15, 0.2) is 0 Å². The van der Waals surface area contributed by atoms with Crippen molar-refractivity contribution in [2.45, 2.75) is 63.4 Å². The summed E-state index contributed by atoms with van der Waals surface area (Å²) in [7, 11) is 0. The average Bonchev–Trinajstić information content (AvgIpc) is 2.13. The van der Waals surface area contributed by atoms with Crippen LogP contribution in [-0.4, -0.2) is 17.7 Å². The minimum atomic E-state index is 1.01. The molecule has 1 aliphatic rings. The molecular formula is C12H23Li. The van der Waals surface area contributed by atoms with E-state index in [0.717, 1.165) is 16.4 Å². The Bertz CT molecular complexity index is 115. The summed E-state index contributed by atoms with van der Waals surface area (Å²) in [5, 5.41) is 0. The summed E-state index contributed by atoms with van der Waals surface area (Å²) in [4.78, 5) is 0. The van der Waals surface area contributed by atoms with Crippen LogP contribution in [0.15, 0.2) is 0 Å². The van der Waals surface area contributed by atoms with Gasteiger partial charge in [-0.15, -0.1) is 0 Å². The van der Waals surface area contributed by atoms with Crippen LogP contribution in [0.1, 0.15) is 58.8 Å². The fourth-order valence-corrected chi connectivity index (χ4v) is 3.11. The van der Waals surface area contributed by atoms with Gasteiger partial charge < -0.3 is 0 Å². The van der Waals surface area contributed by atoms with Crippen molar-refractivity contribution < 1.29 is 0 Å². The second-order valence-corrected chi connectivity index (χ2v) is 4.89. The van der Waals surface area contributed by atoms with Crippen molar-refractivity contribution in [3.63, 3.8) is 0 Å². The van der Waals surface area contributed by atoms with Crippen molar-refractivity contribution in [3.8, 4) is 0 Å². The molecule has 0 nitrogen and oxygen atoms in total. The number of hydrogen-bond acceptors (Lipinski definition) is 0. The predicted molar refractivity (Wildman–Crippen MR) is 60.2 cm³/mol. The molecule has 1 aliphatic carbocycles. The minimum absolute atomic E-state index is 1.01. The van der Waals surface area contributed by atoms with Gasteiger partial charge in [-0.3, -0.25) is 0 Å². The molecule has 1 saturated carbocycles. The first-order valence-corrected chi connectivity index (χ1v) is 6.29. The number of rotatable bonds is 4. The fourth-order valence-electron chi connectivity index (χ4n) is 3.11. The Morgan fingerprint density at radius 1 is 1.00 bits per heavy atom. The molecule has 0 N–H and O–H groups in total. The fraction of sp³-hybridized carbons (Fsp3) is 1.00. The van der Waals surface area contributed by atoms with E-state index in [9.17, 15) is 0 Å². The molecule has 0 spiro atoms. The molecule has 1 rings (SSSR count). The SMILES string of the molecule is [Li][CH]1C(CCC)CCCC1CCC. The molecule has 0 bridgehead atoms. The molecule has 72 valence electrons. The first-order valence-electron chi connectivity index (χ1n) is 6.29. The second-order valence-electron chi connectivity index (χ2n) is 4.89. The third-order valence-electron chi connectivity index (χ3n) is 3.96. The summed E-state index contributed by atoms with van der Waals surface area (Å²) >= 11 is 2.50. The van der Waals surface area contributed by atoms with Gasteiger partial charge in [0.05, 0.1) is 0 Å². The van der Waals surface area contributed by atoms with Crippen LogP contribution >= 0.6 is 0 Å². The molecule has 0 amide bonds. The van der Waals surface area contributed by atoms with Crippen molar-refractivity contribution in [2.75, 3.05) is 0 Å². The van der Waals surface area contributed by atoms with E-state index >= 15 is 0 Å². The van der Waals surface area contributed by atoms with Crippen LogP contribution in [0, 0.1) is 11.8 Å². The molecule has 0 aromatic heterocycles. The van der Waals surface area contributed by atoms with E-state index in [2.05, 4.69) is 31.6 Å². The Morgan fingerprint density at radius 3 is 1.85 bits per heavy atom. The summed E-state index contributed by atoms with van der Waals surface area (Å²) in [5.74, 6) is 2.10. The molecule has 2 atom stereocenters. The van der Waals surface area contributed by atoms with Crippen molar-refractivity contribution in [1.29, 1.82) is 0 Å². The molecule has 0 aromatic rings. The second kappa shape index (κ2) is 6.15. The van der Waals surface area contributed by atoms with Gasteiger partial charge in [0, 0.05) is 0 Å². The maximum absolute atomic E-state index is 2.50. The predicted octanol–water partition coefficient (Wildman–Crippen LogP) is 3.96. The van der Waals surface area contributed by atoms with E-state index in [-0.39, 0.29) is 0 Å². The van der Waals surface area contributed by atoms with Crippen LogP contribution < -0.4 is 0 Å². The average molecular weight is 174 g/mol.